The number of anilines is 2. The highest BCUT2D eigenvalue weighted by Crippen LogP contribution is 2.16. The van der Waals surface area contributed by atoms with E-state index >= 15 is 0 Å². The Bertz CT molecular complexity index is 480. The Morgan fingerprint density at radius 2 is 1.75 bits per heavy atom. The molecule has 0 unspecified atom stereocenters. The van der Waals surface area contributed by atoms with Crippen LogP contribution in [0.4, 0.5) is 16.2 Å². The van der Waals surface area contributed by atoms with Crippen LogP contribution in [0.15, 0.2) is 24.3 Å². The number of hydrogen-bond donors (Lipinski definition) is 2. The fourth-order valence-corrected chi connectivity index (χ4v) is 1.42. The fraction of sp³-hybridized carbons (Fsp3) is 0.429. The van der Waals surface area contributed by atoms with E-state index in [0.29, 0.717) is 11.4 Å². The maximum absolute atomic E-state index is 11.6. The van der Waals surface area contributed by atoms with Crippen LogP contribution in [0.2, 0.25) is 0 Å². The number of nitrogens with one attached hydrogen (secondary N) is 2. The topological polar surface area (TPSA) is 76.7 Å². The second kappa shape index (κ2) is 6.91. The summed E-state index contributed by atoms with van der Waals surface area (Å²) in [6, 6.07) is 6.77. The first-order chi connectivity index (χ1) is 9.30. The molecular formula is C14H20N2O4. The smallest absolute Gasteiger partial charge is 0.412 e. The molecule has 0 spiro atoms. The summed E-state index contributed by atoms with van der Waals surface area (Å²) in [5.41, 5.74) is 0.545. The van der Waals surface area contributed by atoms with Crippen molar-refractivity contribution in [3.05, 3.63) is 24.3 Å². The molecule has 0 atom stereocenters. The van der Waals surface area contributed by atoms with Crippen LogP contribution in [0.1, 0.15) is 20.8 Å². The third kappa shape index (κ3) is 6.19. The van der Waals surface area contributed by atoms with Crippen LogP contribution in [0.5, 0.6) is 0 Å². The van der Waals surface area contributed by atoms with Crippen molar-refractivity contribution in [2.24, 2.45) is 0 Å². The summed E-state index contributed by atoms with van der Waals surface area (Å²) in [7, 11) is 1.44. The highest BCUT2D eigenvalue weighted by molar-refractivity contribution is 5.93. The standard InChI is InChI=1S/C14H20N2O4/c1-14(2,3)20-13(18)16-11-7-5-6-10(8-11)15-12(17)9-19-4/h5-8H,9H2,1-4H3,(H,15,17)(H,16,18). The van der Waals surface area contributed by atoms with Gasteiger partial charge in [-0.25, -0.2) is 4.79 Å². The van der Waals surface area contributed by atoms with E-state index in [4.69, 9.17) is 9.47 Å². The van der Waals surface area contributed by atoms with Gasteiger partial charge in [-0.3, -0.25) is 10.1 Å². The van der Waals surface area contributed by atoms with Crippen LogP contribution in [0, 0.1) is 0 Å². The largest absolute Gasteiger partial charge is 0.444 e. The van der Waals surface area contributed by atoms with Gasteiger partial charge in [0.1, 0.15) is 12.2 Å². The van der Waals surface area contributed by atoms with Gasteiger partial charge in [0.05, 0.1) is 0 Å². The molecule has 2 N–H and O–H groups in total. The summed E-state index contributed by atoms with van der Waals surface area (Å²) in [5.74, 6) is -0.262. The molecule has 0 aliphatic rings. The zero-order valence-corrected chi connectivity index (χ0v) is 12.1. The van der Waals surface area contributed by atoms with E-state index in [-0.39, 0.29) is 12.5 Å². The predicted octanol–water partition coefficient (Wildman–Crippen LogP) is 2.62. The zero-order chi connectivity index (χ0) is 15.2. The van der Waals surface area contributed by atoms with E-state index in [1.54, 1.807) is 45.0 Å². The third-order valence-electron chi connectivity index (χ3n) is 2.07. The quantitative estimate of drug-likeness (QED) is 0.888. The predicted molar refractivity (Wildman–Crippen MR) is 76.8 cm³/mol. The van der Waals surface area contributed by atoms with Crippen molar-refractivity contribution in [1.29, 1.82) is 0 Å². The highest BCUT2D eigenvalue weighted by atomic mass is 16.6. The maximum Gasteiger partial charge on any atom is 0.412 e. The number of carbonyl (C=O) groups is 2. The molecule has 0 aliphatic carbocycles. The van der Waals surface area contributed by atoms with Gasteiger partial charge in [0.25, 0.3) is 0 Å². The van der Waals surface area contributed by atoms with Crippen molar-refractivity contribution in [3.8, 4) is 0 Å². The number of ether oxygens (including phenoxy) is 2. The van der Waals surface area contributed by atoms with Gasteiger partial charge in [-0.1, -0.05) is 6.07 Å². The lowest BCUT2D eigenvalue weighted by molar-refractivity contribution is -0.119. The van der Waals surface area contributed by atoms with Crippen molar-refractivity contribution in [2.45, 2.75) is 26.4 Å². The van der Waals surface area contributed by atoms with Crippen LogP contribution in [0.25, 0.3) is 0 Å². The number of rotatable bonds is 4. The minimum atomic E-state index is -0.561. The Morgan fingerprint density at radius 1 is 1.15 bits per heavy atom. The summed E-state index contributed by atoms with van der Waals surface area (Å²) in [6.07, 6.45) is -0.544. The van der Waals surface area contributed by atoms with Crippen molar-refractivity contribution < 1.29 is 19.1 Å². The van der Waals surface area contributed by atoms with E-state index < -0.39 is 11.7 Å². The number of carbonyl (C=O) groups excluding carboxylic acids is 2. The number of methoxy groups -OCH3 is 1. The summed E-state index contributed by atoms with van der Waals surface area (Å²) < 4.78 is 9.87. The summed E-state index contributed by atoms with van der Waals surface area (Å²) >= 11 is 0. The van der Waals surface area contributed by atoms with Crippen LogP contribution < -0.4 is 10.6 Å². The van der Waals surface area contributed by atoms with Gasteiger partial charge in [-0.05, 0) is 39.0 Å². The van der Waals surface area contributed by atoms with E-state index in [9.17, 15) is 9.59 Å². The molecule has 2 amide bonds. The van der Waals surface area contributed by atoms with E-state index in [1.165, 1.54) is 7.11 Å². The third-order valence-corrected chi connectivity index (χ3v) is 2.07. The number of hydrogen-bond acceptors (Lipinski definition) is 4. The molecule has 0 saturated heterocycles. The van der Waals surface area contributed by atoms with Crippen LogP contribution in [-0.4, -0.2) is 31.3 Å². The Hall–Kier alpha value is -2.08. The van der Waals surface area contributed by atoms with Crippen molar-refractivity contribution in [1.82, 2.24) is 0 Å². The SMILES string of the molecule is COCC(=O)Nc1cccc(NC(=O)OC(C)(C)C)c1. The van der Waals surface area contributed by atoms with Crippen molar-refractivity contribution in [3.63, 3.8) is 0 Å². The molecular weight excluding hydrogens is 260 g/mol. The molecule has 0 saturated carbocycles. The molecule has 1 aromatic carbocycles. The lowest BCUT2D eigenvalue weighted by Gasteiger charge is -2.19. The van der Waals surface area contributed by atoms with Crippen LogP contribution in [-0.2, 0) is 14.3 Å². The minimum absolute atomic E-state index is 0.0241. The Labute approximate surface area is 118 Å². The molecule has 110 valence electrons. The lowest BCUT2D eigenvalue weighted by Crippen LogP contribution is -2.27. The molecule has 6 nitrogen and oxygen atoms in total. The molecule has 0 bridgehead atoms. The highest BCUT2D eigenvalue weighted by Gasteiger charge is 2.16. The first kappa shape index (κ1) is 16.0. The van der Waals surface area contributed by atoms with Crippen molar-refractivity contribution in [2.75, 3.05) is 24.4 Å². The van der Waals surface area contributed by atoms with Crippen LogP contribution >= 0.6 is 0 Å². The van der Waals surface area contributed by atoms with Gasteiger partial charge in [0, 0.05) is 18.5 Å². The second-order valence-corrected chi connectivity index (χ2v) is 5.19. The van der Waals surface area contributed by atoms with Gasteiger partial charge >= 0.3 is 6.09 Å². The minimum Gasteiger partial charge on any atom is -0.444 e. The maximum atomic E-state index is 11.6. The molecule has 0 fully saturated rings. The first-order valence-corrected chi connectivity index (χ1v) is 6.19. The fourth-order valence-electron chi connectivity index (χ4n) is 1.42. The molecule has 20 heavy (non-hydrogen) atoms. The van der Waals surface area contributed by atoms with Crippen LogP contribution in [0.3, 0.4) is 0 Å². The van der Waals surface area contributed by atoms with E-state index in [2.05, 4.69) is 10.6 Å². The van der Waals surface area contributed by atoms with Gasteiger partial charge < -0.3 is 14.8 Å². The zero-order valence-electron chi connectivity index (χ0n) is 12.1. The molecule has 1 rings (SSSR count). The molecule has 0 aromatic heterocycles. The number of benzene rings is 1. The van der Waals surface area contributed by atoms with Crippen molar-refractivity contribution >= 4 is 23.4 Å². The Morgan fingerprint density at radius 3 is 2.30 bits per heavy atom. The Balaban J connectivity index is 2.64. The lowest BCUT2D eigenvalue weighted by atomic mass is 10.2. The first-order valence-electron chi connectivity index (χ1n) is 6.19. The Kier molecular flexibility index (Phi) is 5.52. The van der Waals surface area contributed by atoms with Gasteiger partial charge in [-0.2, -0.15) is 0 Å². The summed E-state index contributed by atoms with van der Waals surface area (Å²) in [4.78, 5) is 23.0. The normalized spacial score (nSPS) is 10.8. The molecule has 0 heterocycles. The second-order valence-electron chi connectivity index (χ2n) is 5.19. The van der Waals surface area contributed by atoms with Gasteiger partial charge in [-0.15, -0.1) is 0 Å². The number of amides is 2. The summed E-state index contributed by atoms with van der Waals surface area (Å²) in [5, 5.41) is 5.25. The molecule has 0 aliphatic heterocycles. The van der Waals surface area contributed by atoms with Gasteiger partial charge in [0.2, 0.25) is 5.91 Å². The monoisotopic (exact) mass is 280 g/mol. The average Bonchev–Trinajstić information content (AvgIpc) is 2.26. The molecule has 0 radical (unpaired) electrons. The van der Waals surface area contributed by atoms with E-state index in [0.717, 1.165) is 0 Å². The van der Waals surface area contributed by atoms with E-state index in [1.807, 2.05) is 0 Å². The van der Waals surface area contributed by atoms with Gasteiger partial charge in [0.15, 0.2) is 0 Å². The molecule has 6 heteroatoms. The summed E-state index contributed by atoms with van der Waals surface area (Å²) in [6.45, 7) is 5.33. The average molecular weight is 280 g/mol. The molecule has 1 aromatic rings.